The highest BCUT2D eigenvalue weighted by Crippen LogP contribution is 2.24. The van der Waals surface area contributed by atoms with E-state index in [9.17, 15) is 0 Å². The Morgan fingerprint density at radius 3 is 3.20 bits per heavy atom. The predicted octanol–water partition coefficient (Wildman–Crippen LogP) is 0.494. The van der Waals surface area contributed by atoms with Crippen LogP contribution in [0.2, 0.25) is 0 Å². The Morgan fingerprint density at radius 1 is 1.80 bits per heavy atom. The number of nitrogens with two attached hydrogens (primary N) is 1. The van der Waals surface area contributed by atoms with Gasteiger partial charge in [-0.05, 0) is 19.3 Å². The maximum Gasteiger partial charge on any atom is 0.0594 e. The minimum absolute atomic E-state index is 0.141. The minimum Gasteiger partial charge on any atom is -0.378 e. The molecule has 0 aliphatic carbocycles. The fourth-order valence-electron chi connectivity index (χ4n) is 2.01. The molecule has 2 atom stereocenters. The molecule has 1 aliphatic heterocycles. The fraction of sp³-hybridized carbons (Fsp3) is 0.700. The molecule has 5 heteroatoms. The molecule has 15 heavy (non-hydrogen) atoms. The summed E-state index contributed by atoms with van der Waals surface area (Å²) in [5.74, 6) is 5.55. The molecule has 0 aromatic carbocycles. The molecule has 1 aliphatic rings. The second kappa shape index (κ2) is 4.74. The second-order valence-electron chi connectivity index (χ2n) is 4.04. The van der Waals surface area contributed by atoms with E-state index in [1.165, 1.54) is 0 Å². The summed E-state index contributed by atoms with van der Waals surface area (Å²) in [5, 5.41) is 4.14. The van der Waals surface area contributed by atoms with Crippen LogP contribution in [0.25, 0.3) is 0 Å². The van der Waals surface area contributed by atoms with Crippen molar-refractivity contribution in [2.75, 3.05) is 6.61 Å². The van der Waals surface area contributed by atoms with E-state index >= 15 is 0 Å². The van der Waals surface area contributed by atoms with E-state index in [2.05, 4.69) is 10.5 Å². The van der Waals surface area contributed by atoms with Crippen molar-refractivity contribution >= 4 is 0 Å². The van der Waals surface area contributed by atoms with Gasteiger partial charge in [0.1, 0.15) is 0 Å². The first-order valence-electron chi connectivity index (χ1n) is 5.36. The van der Waals surface area contributed by atoms with Crippen LogP contribution < -0.4 is 11.3 Å². The van der Waals surface area contributed by atoms with Crippen molar-refractivity contribution in [3.8, 4) is 0 Å². The third-order valence-electron chi connectivity index (χ3n) is 2.85. The van der Waals surface area contributed by atoms with Gasteiger partial charge in [0.25, 0.3) is 0 Å². The number of aromatic nitrogens is 2. The van der Waals surface area contributed by atoms with Gasteiger partial charge in [0, 0.05) is 25.4 Å². The molecule has 0 saturated carbocycles. The molecule has 5 nitrogen and oxygen atoms in total. The Morgan fingerprint density at radius 2 is 2.67 bits per heavy atom. The summed E-state index contributed by atoms with van der Waals surface area (Å²) in [6, 6.07) is 0.141. The standard InChI is InChI=1S/C10H18N4O/c1-14-7-8(6-12-14)10(13-11)5-9-3-2-4-15-9/h6-7,9-10,13H,2-5,11H2,1H3. The van der Waals surface area contributed by atoms with Crippen LogP contribution in [0.1, 0.15) is 30.9 Å². The molecule has 84 valence electrons. The Labute approximate surface area is 89.6 Å². The topological polar surface area (TPSA) is 65.1 Å². The smallest absolute Gasteiger partial charge is 0.0594 e. The van der Waals surface area contributed by atoms with E-state index < -0.39 is 0 Å². The normalized spacial score (nSPS) is 23.2. The predicted molar refractivity (Wildman–Crippen MR) is 56.9 cm³/mol. The SMILES string of the molecule is Cn1cc(C(CC2CCCO2)NN)cn1. The van der Waals surface area contributed by atoms with E-state index in [0.717, 1.165) is 31.4 Å². The van der Waals surface area contributed by atoms with Gasteiger partial charge in [0.2, 0.25) is 0 Å². The molecule has 1 aromatic rings. The quantitative estimate of drug-likeness (QED) is 0.561. The zero-order chi connectivity index (χ0) is 10.7. The molecule has 2 rings (SSSR count). The molecular formula is C10H18N4O. The molecule has 0 spiro atoms. The van der Waals surface area contributed by atoms with Gasteiger partial charge in [-0.2, -0.15) is 5.10 Å². The molecule has 2 heterocycles. The van der Waals surface area contributed by atoms with Crippen molar-refractivity contribution in [1.82, 2.24) is 15.2 Å². The molecule has 1 fully saturated rings. The van der Waals surface area contributed by atoms with Crippen LogP contribution in [-0.4, -0.2) is 22.5 Å². The molecule has 0 radical (unpaired) electrons. The summed E-state index contributed by atoms with van der Waals surface area (Å²) in [7, 11) is 1.91. The number of nitrogens with one attached hydrogen (secondary N) is 1. The number of aryl methyl sites for hydroxylation is 1. The highest BCUT2D eigenvalue weighted by molar-refractivity contribution is 5.10. The van der Waals surface area contributed by atoms with Crippen LogP contribution in [0.3, 0.4) is 0 Å². The number of hydrogen-bond donors (Lipinski definition) is 2. The van der Waals surface area contributed by atoms with Crippen LogP contribution in [0.15, 0.2) is 12.4 Å². The number of ether oxygens (including phenoxy) is 1. The largest absolute Gasteiger partial charge is 0.378 e. The number of hydrogen-bond acceptors (Lipinski definition) is 4. The van der Waals surface area contributed by atoms with Crippen molar-refractivity contribution in [2.24, 2.45) is 12.9 Å². The lowest BCUT2D eigenvalue weighted by atomic mass is 10.0. The molecule has 0 bridgehead atoms. The van der Waals surface area contributed by atoms with Crippen LogP contribution in [0.4, 0.5) is 0 Å². The lowest BCUT2D eigenvalue weighted by Crippen LogP contribution is -2.30. The molecule has 1 saturated heterocycles. The average molecular weight is 210 g/mol. The van der Waals surface area contributed by atoms with Crippen LogP contribution in [0, 0.1) is 0 Å². The molecule has 2 unspecified atom stereocenters. The highest BCUT2D eigenvalue weighted by Gasteiger charge is 2.21. The molecule has 3 N–H and O–H groups in total. The van der Waals surface area contributed by atoms with Gasteiger partial charge in [-0.1, -0.05) is 0 Å². The summed E-state index contributed by atoms with van der Waals surface area (Å²) in [6.07, 6.45) is 7.39. The van der Waals surface area contributed by atoms with Gasteiger partial charge in [0.15, 0.2) is 0 Å². The van der Waals surface area contributed by atoms with E-state index in [-0.39, 0.29) is 6.04 Å². The van der Waals surface area contributed by atoms with Crippen LogP contribution in [0.5, 0.6) is 0 Å². The summed E-state index contributed by atoms with van der Waals surface area (Å²) in [5.41, 5.74) is 3.95. The molecule has 0 amide bonds. The maximum atomic E-state index is 5.59. The molecular weight excluding hydrogens is 192 g/mol. The zero-order valence-electron chi connectivity index (χ0n) is 9.02. The summed E-state index contributed by atoms with van der Waals surface area (Å²) in [6.45, 7) is 0.884. The number of nitrogens with zero attached hydrogens (tertiary/aromatic N) is 2. The van der Waals surface area contributed by atoms with Gasteiger partial charge in [-0.15, -0.1) is 0 Å². The fourth-order valence-corrected chi connectivity index (χ4v) is 2.01. The van der Waals surface area contributed by atoms with E-state index in [1.807, 2.05) is 19.4 Å². The van der Waals surface area contributed by atoms with Crippen molar-refractivity contribution < 1.29 is 4.74 Å². The Bertz CT molecular complexity index is 306. The first-order chi connectivity index (χ1) is 7.29. The lowest BCUT2D eigenvalue weighted by molar-refractivity contribution is 0.0946. The van der Waals surface area contributed by atoms with Gasteiger partial charge in [-0.3, -0.25) is 16.0 Å². The van der Waals surface area contributed by atoms with Crippen LogP contribution in [-0.2, 0) is 11.8 Å². The monoisotopic (exact) mass is 210 g/mol. The third-order valence-corrected chi connectivity index (χ3v) is 2.85. The van der Waals surface area contributed by atoms with Gasteiger partial charge in [0.05, 0.1) is 18.3 Å². The first-order valence-corrected chi connectivity index (χ1v) is 5.36. The zero-order valence-corrected chi connectivity index (χ0v) is 9.02. The Kier molecular flexibility index (Phi) is 3.35. The summed E-state index contributed by atoms with van der Waals surface area (Å²) >= 11 is 0. The lowest BCUT2D eigenvalue weighted by Gasteiger charge is -2.18. The van der Waals surface area contributed by atoms with Gasteiger partial charge >= 0.3 is 0 Å². The Hall–Kier alpha value is -0.910. The van der Waals surface area contributed by atoms with Crippen molar-refractivity contribution in [3.63, 3.8) is 0 Å². The van der Waals surface area contributed by atoms with Crippen molar-refractivity contribution in [3.05, 3.63) is 18.0 Å². The molecule has 1 aromatic heterocycles. The second-order valence-corrected chi connectivity index (χ2v) is 4.04. The van der Waals surface area contributed by atoms with Crippen molar-refractivity contribution in [1.29, 1.82) is 0 Å². The van der Waals surface area contributed by atoms with Crippen LogP contribution >= 0.6 is 0 Å². The van der Waals surface area contributed by atoms with E-state index in [0.29, 0.717) is 6.10 Å². The van der Waals surface area contributed by atoms with E-state index in [4.69, 9.17) is 10.6 Å². The first kappa shape index (κ1) is 10.6. The highest BCUT2D eigenvalue weighted by atomic mass is 16.5. The number of hydrazine groups is 1. The van der Waals surface area contributed by atoms with Crippen molar-refractivity contribution in [2.45, 2.75) is 31.4 Å². The van der Waals surface area contributed by atoms with Gasteiger partial charge in [-0.25, -0.2) is 0 Å². The maximum absolute atomic E-state index is 5.59. The van der Waals surface area contributed by atoms with Gasteiger partial charge < -0.3 is 4.74 Å². The van der Waals surface area contributed by atoms with E-state index in [1.54, 1.807) is 4.68 Å². The third kappa shape index (κ3) is 2.56. The number of rotatable bonds is 4. The Balaban J connectivity index is 1.97. The summed E-state index contributed by atoms with van der Waals surface area (Å²) < 4.78 is 7.38. The minimum atomic E-state index is 0.141. The average Bonchev–Trinajstić information content (AvgIpc) is 2.85. The summed E-state index contributed by atoms with van der Waals surface area (Å²) in [4.78, 5) is 0.